The van der Waals surface area contributed by atoms with E-state index in [0.717, 1.165) is 82.7 Å². The molecule has 0 aromatic heterocycles. The SMILES string of the molecule is C#C/C=C\C=C/CCOC(=O)CCCCCCCCCCCCCCCC(CCCCCCCCCCCCCCCC(=O)OCC1=CCCC=C1)OC(=O)CCCN(C)C. The molecule has 0 saturated heterocycles. The van der Waals surface area contributed by atoms with Crippen LogP contribution < -0.4 is 0 Å². The van der Waals surface area contributed by atoms with Gasteiger partial charge in [-0.25, -0.2) is 0 Å². The number of nitrogens with zero attached hydrogens (tertiary/aromatic N) is 1. The number of carbonyl (C=O) groups excluding carboxylic acids is 3. The molecular weight excluding hydrogens is 759 g/mol. The Hall–Kier alpha value is -3.11. The van der Waals surface area contributed by atoms with Gasteiger partial charge in [0.1, 0.15) is 12.7 Å². The van der Waals surface area contributed by atoms with Crippen LogP contribution >= 0.6 is 0 Å². The molecule has 0 spiro atoms. The Labute approximate surface area is 375 Å². The first kappa shape index (κ1) is 55.9. The fourth-order valence-electron chi connectivity index (χ4n) is 7.83. The number of ether oxygens (including phenoxy) is 3. The normalized spacial score (nSPS) is 13.2. The van der Waals surface area contributed by atoms with Gasteiger partial charge < -0.3 is 19.1 Å². The van der Waals surface area contributed by atoms with Crippen LogP contribution in [0.5, 0.6) is 0 Å². The van der Waals surface area contributed by atoms with Crippen LogP contribution in [0.15, 0.2) is 48.1 Å². The maximum atomic E-state index is 12.6. The van der Waals surface area contributed by atoms with Crippen molar-refractivity contribution in [1.82, 2.24) is 4.90 Å². The quantitative estimate of drug-likeness (QED) is 0.0199. The van der Waals surface area contributed by atoms with Gasteiger partial charge in [0.25, 0.3) is 0 Å². The largest absolute Gasteiger partial charge is 0.465 e. The minimum absolute atomic E-state index is 0.0150. The van der Waals surface area contributed by atoms with Crippen molar-refractivity contribution in [2.75, 3.05) is 33.9 Å². The number of allylic oxidation sites excluding steroid dienone is 5. The van der Waals surface area contributed by atoms with Crippen LogP contribution in [0.3, 0.4) is 0 Å². The highest BCUT2D eigenvalue weighted by molar-refractivity contribution is 5.70. The summed E-state index contributed by atoms with van der Waals surface area (Å²) in [5.41, 5.74) is 1.13. The van der Waals surface area contributed by atoms with Gasteiger partial charge in [0.15, 0.2) is 0 Å². The van der Waals surface area contributed by atoms with Gasteiger partial charge in [0.2, 0.25) is 0 Å². The fraction of sp³-hybridized carbons (Fsp3) is 0.759. The van der Waals surface area contributed by atoms with Gasteiger partial charge >= 0.3 is 17.9 Å². The monoisotopic (exact) mass is 850 g/mol. The van der Waals surface area contributed by atoms with Crippen molar-refractivity contribution in [2.45, 2.75) is 231 Å². The van der Waals surface area contributed by atoms with Gasteiger partial charge in [-0.1, -0.05) is 184 Å². The number of unbranched alkanes of at least 4 members (excludes halogenated alkanes) is 24. The van der Waals surface area contributed by atoms with Gasteiger partial charge in [-0.05, 0) is 96.5 Å². The van der Waals surface area contributed by atoms with Crippen LogP contribution in [0.1, 0.15) is 225 Å². The Bertz CT molecular complexity index is 1230. The molecule has 0 aromatic rings. The van der Waals surface area contributed by atoms with E-state index in [2.05, 4.69) is 43.1 Å². The zero-order valence-electron chi connectivity index (χ0n) is 39.5. The van der Waals surface area contributed by atoms with Crippen LogP contribution in [0, 0.1) is 12.3 Å². The maximum Gasteiger partial charge on any atom is 0.306 e. The third-order valence-corrected chi connectivity index (χ3v) is 11.6. The lowest BCUT2D eigenvalue weighted by Gasteiger charge is -2.18. The second-order valence-electron chi connectivity index (χ2n) is 17.7. The van der Waals surface area contributed by atoms with Crippen molar-refractivity contribution >= 4 is 17.9 Å². The van der Waals surface area contributed by atoms with Crippen LogP contribution in [0.4, 0.5) is 0 Å². The van der Waals surface area contributed by atoms with Gasteiger partial charge in [-0.2, -0.15) is 0 Å². The van der Waals surface area contributed by atoms with E-state index in [-0.39, 0.29) is 24.0 Å². The molecule has 0 bridgehead atoms. The highest BCUT2D eigenvalue weighted by atomic mass is 16.5. The summed E-state index contributed by atoms with van der Waals surface area (Å²) in [6, 6.07) is 0. The third kappa shape index (κ3) is 40.7. The summed E-state index contributed by atoms with van der Waals surface area (Å²) in [6.07, 6.45) is 58.4. The predicted molar refractivity (Wildman–Crippen MR) is 256 cm³/mol. The average Bonchev–Trinajstić information content (AvgIpc) is 3.25. The molecule has 7 heteroatoms. The second-order valence-corrected chi connectivity index (χ2v) is 17.7. The first-order valence-electron chi connectivity index (χ1n) is 25.2. The summed E-state index contributed by atoms with van der Waals surface area (Å²) in [6.45, 7) is 1.78. The van der Waals surface area contributed by atoms with E-state index in [1.54, 1.807) is 12.2 Å². The molecule has 0 aromatic carbocycles. The molecule has 1 aliphatic carbocycles. The van der Waals surface area contributed by atoms with Gasteiger partial charge in [0.05, 0.1) is 6.61 Å². The van der Waals surface area contributed by atoms with Crippen molar-refractivity contribution in [3.8, 4) is 12.3 Å². The van der Waals surface area contributed by atoms with E-state index in [4.69, 9.17) is 20.6 Å². The van der Waals surface area contributed by atoms with E-state index in [1.807, 2.05) is 12.2 Å². The smallest absolute Gasteiger partial charge is 0.306 e. The van der Waals surface area contributed by atoms with Crippen molar-refractivity contribution in [2.24, 2.45) is 0 Å². The number of rotatable bonds is 43. The van der Waals surface area contributed by atoms with Crippen molar-refractivity contribution < 1.29 is 28.6 Å². The van der Waals surface area contributed by atoms with Crippen LogP contribution in [-0.2, 0) is 28.6 Å². The molecule has 1 rings (SSSR count). The molecule has 1 aliphatic rings. The zero-order valence-corrected chi connectivity index (χ0v) is 39.5. The minimum atomic E-state index is -0.0875. The molecule has 0 heterocycles. The summed E-state index contributed by atoms with van der Waals surface area (Å²) < 4.78 is 16.7. The minimum Gasteiger partial charge on any atom is -0.465 e. The third-order valence-electron chi connectivity index (χ3n) is 11.6. The number of terminal acetylenes is 1. The van der Waals surface area contributed by atoms with Gasteiger partial charge in [0, 0.05) is 19.3 Å². The lowest BCUT2D eigenvalue weighted by Crippen LogP contribution is -2.20. The first-order chi connectivity index (χ1) is 29.9. The van der Waals surface area contributed by atoms with E-state index < -0.39 is 0 Å². The average molecular weight is 850 g/mol. The number of esters is 3. The Balaban J connectivity index is 2.00. The Kier molecular flexibility index (Phi) is 39.9. The summed E-state index contributed by atoms with van der Waals surface area (Å²) in [5.74, 6) is 2.27. The Morgan fingerprint density at radius 1 is 0.607 bits per heavy atom. The molecule has 0 N–H and O–H groups in total. The molecular formula is C54H91NO6. The molecule has 348 valence electrons. The number of hydrogen-bond acceptors (Lipinski definition) is 7. The van der Waals surface area contributed by atoms with Crippen LogP contribution in [0.2, 0.25) is 0 Å². The summed E-state index contributed by atoms with van der Waals surface area (Å²) in [4.78, 5) is 38.6. The molecule has 61 heavy (non-hydrogen) atoms. The van der Waals surface area contributed by atoms with Gasteiger partial charge in [-0.15, -0.1) is 6.42 Å². The van der Waals surface area contributed by atoms with Crippen molar-refractivity contribution in [1.29, 1.82) is 0 Å². The number of hydrogen-bond donors (Lipinski definition) is 0. The summed E-state index contributed by atoms with van der Waals surface area (Å²) >= 11 is 0. The Morgan fingerprint density at radius 3 is 1.52 bits per heavy atom. The molecule has 1 unspecified atom stereocenters. The van der Waals surface area contributed by atoms with Crippen molar-refractivity contribution in [3.05, 3.63) is 48.1 Å². The lowest BCUT2D eigenvalue weighted by molar-refractivity contribution is -0.150. The molecule has 1 atom stereocenters. The molecule has 0 amide bonds. The lowest BCUT2D eigenvalue weighted by atomic mass is 10.0. The highest BCUT2D eigenvalue weighted by Crippen LogP contribution is 2.20. The highest BCUT2D eigenvalue weighted by Gasteiger charge is 2.14. The number of carbonyl (C=O) groups is 3. The summed E-state index contributed by atoms with van der Waals surface area (Å²) in [7, 11) is 4.10. The fourth-order valence-corrected chi connectivity index (χ4v) is 7.83. The van der Waals surface area contributed by atoms with Crippen molar-refractivity contribution in [3.63, 3.8) is 0 Å². The predicted octanol–water partition coefficient (Wildman–Crippen LogP) is 14.4. The first-order valence-corrected chi connectivity index (χ1v) is 25.2. The standard InChI is InChI=1S/C54H91NO6/c1-4-5-6-7-30-38-48-59-52(56)44-36-28-24-20-16-12-8-10-14-18-22-26-34-42-51(61-54(58)46-39-47-55(2)3)43-35-27-23-19-15-11-9-13-17-21-25-29-37-45-53(57)60-49-50-40-32-31-33-41-50/h1,5-7,30,32,40-41,51H,8-29,31,33-39,42-49H2,2-3H3/b6-5-,30-7-. The maximum absolute atomic E-state index is 12.6. The van der Waals surface area contributed by atoms with E-state index in [1.165, 1.54) is 128 Å². The zero-order chi connectivity index (χ0) is 44.1. The van der Waals surface area contributed by atoms with E-state index in [0.29, 0.717) is 38.9 Å². The molecule has 7 nitrogen and oxygen atoms in total. The van der Waals surface area contributed by atoms with Crippen LogP contribution in [0.25, 0.3) is 0 Å². The molecule has 0 radical (unpaired) electrons. The van der Waals surface area contributed by atoms with Crippen LogP contribution in [-0.4, -0.2) is 62.8 Å². The second kappa shape index (κ2) is 43.5. The summed E-state index contributed by atoms with van der Waals surface area (Å²) in [5, 5.41) is 0. The molecule has 0 saturated carbocycles. The van der Waals surface area contributed by atoms with E-state index >= 15 is 0 Å². The topological polar surface area (TPSA) is 82.1 Å². The van der Waals surface area contributed by atoms with E-state index in [9.17, 15) is 14.4 Å². The van der Waals surface area contributed by atoms with Gasteiger partial charge in [-0.3, -0.25) is 14.4 Å². The molecule has 0 fully saturated rings. The Morgan fingerprint density at radius 2 is 1.07 bits per heavy atom. The molecule has 0 aliphatic heterocycles.